The van der Waals surface area contributed by atoms with Gasteiger partial charge in [-0.05, 0) is 65.1 Å². The van der Waals surface area contributed by atoms with E-state index >= 15 is 0 Å². The van der Waals surface area contributed by atoms with Crippen LogP contribution in [-0.4, -0.2) is 25.0 Å². The highest BCUT2D eigenvalue weighted by Crippen LogP contribution is 2.29. The lowest BCUT2D eigenvalue weighted by Gasteiger charge is -2.09. The summed E-state index contributed by atoms with van der Waals surface area (Å²) < 4.78 is 36.7. The molecule has 34 heavy (non-hydrogen) atoms. The van der Waals surface area contributed by atoms with Crippen LogP contribution >= 0.6 is 0 Å². The summed E-state index contributed by atoms with van der Waals surface area (Å²) in [5.74, 6) is -0.371. The number of benzene rings is 4. The molecule has 0 radical (unpaired) electrons. The van der Waals surface area contributed by atoms with Crippen molar-refractivity contribution >= 4 is 26.9 Å². The van der Waals surface area contributed by atoms with Crippen LogP contribution in [0.15, 0.2) is 95.9 Å². The quantitative estimate of drug-likeness (QED) is 0.305. The van der Waals surface area contributed by atoms with Crippen LogP contribution in [0.25, 0.3) is 21.9 Å². The summed E-state index contributed by atoms with van der Waals surface area (Å²) >= 11 is 0. The second-order valence-corrected chi connectivity index (χ2v) is 9.32. The molecule has 0 saturated heterocycles. The Kier molecular flexibility index (Phi) is 8.17. The van der Waals surface area contributed by atoms with Gasteiger partial charge in [0.25, 0.3) is 10.1 Å². The minimum Gasteiger partial charge on any atom is -0.460 e. The first-order valence-corrected chi connectivity index (χ1v) is 12.1. The first-order valence-electron chi connectivity index (χ1n) is 10.7. The fraction of sp³-hybridized carbons (Fsp3) is 0.148. The predicted molar refractivity (Wildman–Crippen MR) is 134 cm³/mol. The van der Waals surface area contributed by atoms with E-state index in [4.69, 9.17) is 10.5 Å². The maximum absolute atomic E-state index is 11.3. The van der Waals surface area contributed by atoms with Gasteiger partial charge in [0.2, 0.25) is 0 Å². The molecular weight excluding hydrogens is 450 g/mol. The molecule has 0 heterocycles. The predicted octanol–water partition coefficient (Wildman–Crippen LogP) is 5.14. The zero-order chi connectivity index (χ0) is 24.7. The molecule has 1 atom stereocenters. The minimum atomic E-state index is -4.19. The number of carbonyl (C=O) groups is 1. The van der Waals surface area contributed by atoms with Gasteiger partial charge in [-0.2, -0.15) is 8.42 Å². The van der Waals surface area contributed by atoms with Crippen molar-refractivity contribution in [3.05, 3.63) is 102 Å². The Morgan fingerprint density at radius 1 is 0.912 bits per heavy atom. The van der Waals surface area contributed by atoms with Crippen molar-refractivity contribution in [2.24, 2.45) is 5.73 Å². The van der Waals surface area contributed by atoms with Crippen LogP contribution in [0.1, 0.15) is 18.1 Å². The maximum atomic E-state index is 11.3. The van der Waals surface area contributed by atoms with E-state index in [1.54, 1.807) is 13.0 Å². The van der Waals surface area contributed by atoms with Crippen LogP contribution in [0.5, 0.6) is 0 Å². The van der Waals surface area contributed by atoms with Crippen molar-refractivity contribution in [1.29, 1.82) is 0 Å². The number of carbonyl (C=O) groups excluding carboxylic acids is 1. The first-order chi connectivity index (χ1) is 16.1. The molecule has 0 bridgehead atoms. The van der Waals surface area contributed by atoms with Crippen LogP contribution in [0.3, 0.4) is 0 Å². The molecule has 0 saturated carbocycles. The van der Waals surface area contributed by atoms with Crippen molar-refractivity contribution in [1.82, 2.24) is 0 Å². The fourth-order valence-electron chi connectivity index (χ4n) is 3.29. The SMILES string of the molecule is C[C@H](N)C(=O)OCc1ccccc1.Cc1ccc(S(=O)(=O)O)cc1-c1ccc2ccccc2c1. The molecule has 0 aromatic heterocycles. The van der Waals surface area contributed by atoms with Crippen molar-refractivity contribution < 1.29 is 22.5 Å². The molecule has 0 aliphatic rings. The first kappa shape index (κ1) is 25.1. The number of ether oxygens (including phenoxy) is 1. The van der Waals surface area contributed by atoms with Gasteiger partial charge in [0.05, 0.1) is 4.90 Å². The van der Waals surface area contributed by atoms with E-state index in [1.807, 2.05) is 79.7 Å². The Balaban J connectivity index is 0.000000215. The zero-order valence-electron chi connectivity index (χ0n) is 19.0. The third-order valence-electron chi connectivity index (χ3n) is 5.16. The summed E-state index contributed by atoms with van der Waals surface area (Å²) in [5, 5.41) is 2.22. The van der Waals surface area contributed by atoms with E-state index in [0.29, 0.717) is 6.61 Å². The van der Waals surface area contributed by atoms with Crippen LogP contribution in [-0.2, 0) is 26.3 Å². The average Bonchev–Trinajstić information content (AvgIpc) is 2.83. The van der Waals surface area contributed by atoms with Gasteiger partial charge in [-0.15, -0.1) is 0 Å². The Bertz CT molecular complexity index is 1380. The Morgan fingerprint density at radius 3 is 2.21 bits per heavy atom. The van der Waals surface area contributed by atoms with E-state index in [-0.39, 0.29) is 10.9 Å². The Labute approximate surface area is 199 Å². The van der Waals surface area contributed by atoms with E-state index in [0.717, 1.165) is 33.0 Å². The third kappa shape index (κ3) is 6.74. The largest absolute Gasteiger partial charge is 0.460 e. The molecule has 4 rings (SSSR count). The van der Waals surface area contributed by atoms with Crippen molar-refractivity contribution in [3.8, 4) is 11.1 Å². The zero-order valence-corrected chi connectivity index (χ0v) is 19.8. The molecule has 3 N–H and O–H groups in total. The molecule has 6 nitrogen and oxygen atoms in total. The van der Waals surface area contributed by atoms with E-state index in [9.17, 15) is 17.8 Å². The number of nitrogens with two attached hydrogens (primary N) is 1. The van der Waals surface area contributed by atoms with Gasteiger partial charge in [0.15, 0.2) is 0 Å². The van der Waals surface area contributed by atoms with Crippen LogP contribution in [0, 0.1) is 6.92 Å². The normalized spacial score (nSPS) is 11.9. The summed E-state index contributed by atoms with van der Waals surface area (Å²) in [4.78, 5) is 10.9. The van der Waals surface area contributed by atoms with Gasteiger partial charge < -0.3 is 10.5 Å². The summed E-state index contributed by atoms with van der Waals surface area (Å²) in [6.07, 6.45) is 0. The standard InChI is InChI=1S/C17H14O3S.C10H13NO2/c1-12-6-9-16(21(18,19)20)11-17(12)15-8-7-13-4-2-3-5-14(13)10-15;1-8(11)10(12)13-7-9-5-3-2-4-6-9/h2-11H,1H3,(H,18,19,20);2-6,8H,7,11H2,1H3/t;8-/m.0/s1. The summed E-state index contributed by atoms with van der Waals surface area (Å²) in [7, 11) is -4.19. The van der Waals surface area contributed by atoms with Gasteiger partial charge in [-0.25, -0.2) is 0 Å². The lowest BCUT2D eigenvalue weighted by atomic mass is 9.98. The van der Waals surface area contributed by atoms with Crippen LogP contribution in [0.4, 0.5) is 0 Å². The molecule has 0 aliphatic heterocycles. The van der Waals surface area contributed by atoms with E-state index in [2.05, 4.69) is 0 Å². The molecule has 4 aromatic rings. The maximum Gasteiger partial charge on any atom is 0.322 e. The van der Waals surface area contributed by atoms with Crippen LogP contribution in [0.2, 0.25) is 0 Å². The van der Waals surface area contributed by atoms with Gasteiger partial charge >= 0.3 is 5.97 Å². The smallest absolute Gasteiger partial charge is 0.322 e. The highest BCUT2D eigenvalue weighted by Gasteiger charge is 2.12. The number of hydrogen-bond donors (Lipinski definition) is 2. The summed E-state index contributed by atoms with van der Waals surface area (Å²) in [6.45, 7) is 3.81. The highest BCUT2D eigenvalue weighted by atomic mass is 32.2. The monoisotopic (exact) mass is 477 g/mol. The molecule has 0 amide bonds. The molecule has 4 aromatic carbocycles. The summed E-state index contributed by atoms with van der Waals surface area (Å²) in [6, 6.07) is 27.5. The number of aryl methyl sites for hydroxylation is 1. The molecule has 0 unspecified atom stereocenters. The molecule has 0 fully saturated rings. The lowest BCUT2D eigenvalue weighted by Crippen LogP contribution is -2.28. The average molecular weight is 478 g/mol. The van der Waals surface area contributed by atoms with E-state index < -0.39 is 16.2 Å². The molecule has 0 spiro atoms. The molecule has 176 valence electrons. The van der Waals surface area contributed by atoms with Gasteiger partial charge in [-0.1, -0.05) is 72.8 Å². The third-order valence-corrected chi connectivity index (χ3v) is 6.01. The van der Waals surface area contributed by atoms with E-state index in [1.165, 1.54) is 12.1 Å². The van der Waals surface area contributed by atoms with Crippen molar-refractivity contribution in [2.75, 3.05) is 0 Å². The number of rotatable bonds is 5. The second-order valence-electron chi connectivity index (χ2n) is 7.90. The fourth-order valence-corrected chi connectivity index (χ4v) is 3.80. The minimum absolute atomic E-state index is 0.0868. The van der Waals surface area contributed by atoms with Crippen molar-refractivity contribution in [3.63, 3.8) is 0 Å². The Morgan fingerprint density at radius 2 is 1.56 bits per heavy atom. The molecule has 0 aliphatic carbocycles. The second kappa shape index (κ2) is 11.1. The van der Waals surface area contributed by atoms with Gasteiger partial charge in [-0.3, -0.25) is 9.35 Å². The Hall–Kier alpha value is -3.52. The van der Waals surface area contributed by atoms with Crippen LogP contribution < -0.4 is 5.73 Å². The topological polar surface area (TPSA) is 107 Å². The number of esters is 1. The highest BCUT2D eigenvalue weighted by molar-refractivity contribution is 7.85. The van der Waals surface area contributed by atoms with Crippen molar-refractivity contribution in [2.45, 2.75) is 31.4 Å². The number of hydrogen-bond acceptors (Lipinski definition) is 5. The summed E-state index contributed by atoms with van der Waals surface area (Å²) in [5.41, 5.74) is 8.98. The van der Waals surface area contributed by atoms with Gasteiger partial charge in [0, 0.05) is 0 Å². The molecule has 7 heteroatoms. The molecular formula is C27H27NO5S. The van der Waals surface area contributed by atoms with Gasteiger partial charge in [0.1, 0.15) is 12.6 Å². The lowest BCUT2D eigenvalue weighted by molar-refractivity contribution is -0.146. The number of fused-ring (bicyclic) bond motifs is 1.